The zero-order valence-electron chi connectivity index (χ0n) is 13.3. The number of phenols is 1. The van der Waals surface area contributed by atoms with E-state index < -0.39 is 5.97 Å². The highest BCUT2D eigenvalue weighted by Gasteiger charge is 2.15. The van der Waals surface area contributed by atoms with Crippen molar-refractivity contribution in [2.24, 2.45) is 10.2 Å². The monoisotopic (exact) mass is 324 g/mol. The van der Waals surface area contributed by atoms with Gasteiger partial charge in [-0.25, -0.2) is 4.98 Å². The summed E-state index contributed by atoms with van der Waals surface area (Å²) in [5.41, 5.74) is 3.36. The maximum Gasteiger partial charge on any atom is 0.309 e. The summed E-state index contributed by atoms with van der Waals surface area (Å²) in [5, 5.41) is 26.9. The van der Waals surface area contributed by atoms with E-state index in [1.54, 1.807) is 22.7 Å². The first-order valence-electron chi connectivity index (χ1n) is 7.35. The number of carbonyl (C=O) groups is 1. The van der Waals surface area contributed by atoms with E-state index in [1.165, 1.54) is 6.07 Å². The number of benzene rings is 1. The zero-order valence-corrected chi connectivity index (χ0v) is 13.3. The van der Waals surface area contributed by atoms with E-state index in [0.29, 0.717) is 22.8 Å². The maximum atomic E-state index is 11.1. The zero-order chi connectivity index (χ0) is 17.3. The van der Waals surface area contributed by atoms with Crippen molar-refractivity contribution in [3.63, 3.8) is 0 Å². The van der Waals surface area contributed by atoms with Crippen LogP contribution in [0.3, 0.4) is 0 Å². The first-order valence-corrected chi connectivity index (χ1v) is 7.35. The summed E-state index contributed by atoms with van der Waals surface area (Å²) in [6.07, 6.45) is 1.56. The van der Waals surface area contributed by atoms with Crippen LogP contribution in [-0.4, -0.2) is 25.6 Å². The van der Waals surface area contributed by atoms with E-state index in [0.717, 1.165) is 11.1 Å². The van der Waals surface area contributed by atoms with Gasteiger partial charge in [0.05, 0.1) is 17.8 Å². The Morgan fingerprint density at radius 2 is 2.00 bits per heavy atom. The third-order valence-corrected chi connectivity index (χ3v) is 3.58. The average Bonchev–Trinajstić information content (AvgIpc) is 2.82. The molecule has 0 saturated carbocycles. The molecule has 1 aromatic carbocycles. The van der Waals surface area contributed by atoms with Gasteiger partial charge in [0.15, 0.2) is 5.82 Å². The Labute approximate surface area is 137 Å². The van der Waals surface area contributed by atoms with E-state index in [1.807, 2.05) is 26.0 Å². The van der Waals surface area contributed by atoms with Crippen LogP contribution in [0.2, 0.25) is 0 Å². The third kappa shape index (κ3) is 3.10. The Hall–Kier alpha value is -3.22. The van der Waals surface area contributed by atoms with Gasteiger partial charge in [-0.3, -0.25) is 9.20 Å². The molecule has 0 aliphatic carbocycles. The van der Waals surface area contributed by atoms with Gasteiger partial charge in [-0.15, -0.1) is 10.2 Å². The van der Waals surface area contributed by atoms with Crippen molar-refractivity contribution in [2.45, 2.75) is 20.3 Å². The number of rotatable bonds is 4. The molecule has 24 heavy (non-hydrogen) atoms. The van der Waals surface area contributed by atoms with Crippen LogP contribution in [0.5, 0.6) is 5.75 Å². The number of nitrogens with zero attached hydrogens (tertiary/aromatic N) is 4. The molecule has 3 rings (SSSR count). The van der Waals surface area contributed by atoms with Crippen LogP contribution in [0.4, 0.5) is 11.5 Å². The first kappa shape index (κ1) is 15.7. The number of aryl methyl sites for hydroxylation is 2. The van der Waals surface area contributed by atoms with Gasteiger partial charge < -0.3 is 10.2 Å². The number of carboxylic acids is 1. The molecule has 0 amide bonds. The predicted octanol–water partition coefficient (Wildman–Crippen LogP) is 3.70. The normalized spacial score (nSPS) is 11.4. The van der Waals surface area contributed by atoms with Crippen molar-refractivity contribution < 1.29 is 15.0 Å². The van der Waals surface area contributed by atoms with Crippen molar-refractivity contribution in [3.8, 4) is 5.75 Å². The molecule has 2 heterocycles. The third-order valence-electron chi connectivity index (χ3n) is 3.58. The van der Waals surface area contributed by atoms with Crippen LogP contribution in [0.25, 0.3) is 5.65 Å². The predicted molar refractivity (Wildman–Crippen MR) is 88.3 cm³/mol. The Kier molecular flexibility index (Phi) is 3.99. The van der Waals surface area contributed by atoms with Gasteiger partial charge in [-0.2, -0.15) is 0 Å². The molecule has 2 N–H and O–H groups in total. The summed E-state index contributed by atoms with van der Waals surface area (Å²) in [6.45, 7) is 3.75. The van der Waals surface area contributed by atoms with Crippen LogP contribution < -0.4 is 0 Å². The lowest BCUT2D eigenvalue weighted by atomic mass is 10.2. The molecule has 0 saturated heterocycles. The van der Waals surface area contributed by atoms with Crippen LogP contribution in [0.15, 0.2) is 46.8 Å². The molecule has 0 spiro atoms. The van der Waals surface area contributed by atoms with Crippen LogP contribution in [0.1, 0.15) is 16.8 Å². The molecule has 7 nitrogen and oxygen atoms in total. The second kappa shape index (κ2) is 6.11. The summed E-state index contributed by atoms with van der Waals surface area (Å²) in [5.74, 6) is -0.435. The van der Waals surface area contributed by atoms with Gasteiger partial charge in [0.25, 0.3) is 0 Å². The fourth-order valence-corrected chi connectivity index (χ4v) is 2.40. The molecule has 7 heteroatoms. The van der Waals surface area contributed by atoms with Gasteiger partial charge in [0.2, 0.25) is 0 Å². The lowest BCUT2D eigenvalue weighted by molar-refractivity contribution is -0.136. The summed E-state index contributed by atoms with van der Waals surface area (Å²) >= 11 is 0. The lowest BCUT2D eigenvalue weighted by Crippen LogP contribution is -2.00. The molecule has 0 radical (unpaired) electrons. The second-order valence-electron chi connectivity index (χ2n) is 5.56. The highest BCUT2D eigenvalue weighted by molar-refractivity contribution is 5.72. The van der Waals surface area contributed by atoms with Crippen molar-refractivity contribution in [1.82, 2.24) is 9.38 Å². The summed E-state index contributed by atoms with van der Waals surface area (Å²) in [4.78, 5) is 15.4. The van der Waals surface area contributed by atoms with Crippen molar-refractivity contribution in [1.29, 1.82) is 0 Å². The minimum absolute atomic E-state index is 0.156. The largest absolute Gasteiger partial charge is 0.508 e. The topological polar surface area (TPSA) is 99.6 Å². The number of carboxylic acid groups (broad SMARTS) is 1. The number of aromatic nitrogens is 2. The SMILES string of the molecule is Cc1ccn2c(N=Nc3ccc(O)cc3C)c(CC(=O)O)nc2c1. The molecule has 0 atom stereocenters. The lowest BCUT2D eigenvalue weighted by Gasteiger charge is -2.01. The van der Waals surface area contributed by atoms with Gasteiger partial charge in [-0.1, -0.05) is 0 Å². The molecule has 0 bridgehead atoms. The molecule has 2 aromatic heterocycles. The summed E-state index contributed by atoms with van der Waals surface area (Å²) in [7, 11) is 0. The number of azo groups is 1. The van der Waals surface area contributed by atoms with Gasteiger partial charge in [0.1, 0.15) is 11.4 Å². The average molecular weight is 324 g/mol. The Morgan fingerprint density at radius 3 is 2.71 bits per heavy atom. The standard InChI is InChI=1S/C17H16N4O3/c1-10-5-6-21-15(7-10)18-14(9-16(23)24)17(21)20-19-13-4-3-12(22)8-11(13)2/h3-8,22H,9H2,1-2H3,(H,23,24). The number of imidazole rings is 1. The van der Waals surface area contributed by atoms with Gasteiger partial charge in [0, 0.05) is 6.20 Å². The second-order valence-corrected chi connectivity index (χ2v) is 5.56. The van der Waals surface area contributed by atoms with E-state index in [-0.39, 0.29) is 12.2 Å². The molecule has 3 aromatic rings. The summed E-state index contributed by atoms with van der Waals surface area (Å²) in [6, 6.07) is 8.51. The van der Waals surface area contributed by atoms with E-state index in [2.05, 4.69) is 15.2 Å². The van der Waals surface area contributed by atoms with Crippen LogP contribution in [-0.2, 0) is 11.2 Å². The number of aliphatic carboxylic acids is 1. The van der Waals surface area contributed by atoms with E-state index >= 15 is 0 Å². The Balaban J connectivity index is 2.09. The number of hydrogen-bond acceptors (Lipinski definition) is 5. The van der Waals surface area contributed by atoms with Crippen molar-refractivity contribution in [3.05, 3.63) is 53.3 Å². The molecular weight excluding hydrogens is 308 g/mol. The highest BCUT2D eigenvalue weighted by atomic mass is 16.4. The molecule has 0 aliphatic heterocycles. The molecular formula is C17H16N4O3. The van der Waals surface area contributed by atoms with Gasteiger partial charge in [-0.05, 0) is 55.3 Å². The Bertz CT molecular complexity index is 960. The minimum atomic E-state index is -0.979. The smallest absolute Gasteiger partial charge is 0.309 e. The van der Waals surface area contributed by atoms with E-state index in [9.17, 15) is 9.90 Å². The van der Waals surface area contributed by atoms with Crippen molar-refractivity contribution >= 4 is 23.1 Å². The minimum Gasteiger partial charge on any atom is -0.508 e. The van der Waals surface area contributed by atoms with E-state index in [4.69, 9.17) is 5.11 Å². The first-order chi connectivity index (χ1) is 11.4. The summed E-state index contributed by atoms with van der Waals surface area (Å²) < 4.78 is 1.71. The molecule has 0 fully saturated rings. The molecule has 122 valence electrons. The number of hydrogen-bond donors (Lipinski definition) is 2. The fraction of sp³-hybridized carbons (Fsp3) is 0.176. The number of pyridine rings is 1. The molecule has 0 unspecified atom stereocenters. The maximum absolute atomic E-state index is 11.1. The number of fused-ring (bicyclic) bond motifs is 1. The quantitative estimate of drug-likeness (QED) is 0.715. The number of aromatic hydroxyl groups is 1. The van der Waals surface area contributed by atoms with Crippen molar-refractivity contribution in [2.75, 3.05) is 0 Å². The van der Waals surface area contributed by atoms with Crippen LogP contribution >= 0.6 is 0 Å². The molecule has 0 aliphatic rings. The fourth-order valence-electron chi connectivity index (χ4n) is 2.40. The van der Waals surface area contributed by atoms with Gasteiger partial charge >= 0.3 is 5.97 Å². The Morgan fingerprint density at radius 1 is 1.21 bits per heavy atom. The highest BCUT2D eigenvalue weighted by Crippen LogP contribution is 2.28. The number of phenolic OH excluding ortho intramolecular Hbond substituents is 1. The van der Waals surface area contributed by atoms with Crippen LogP contribution in [0, 0.1) is 13.8 Å².